The summed E-state index contributed by atoms with van der Waals surface area (Å²) < 4.78 is 0. The summed E-state index contributed by atoms with van der Waals surface area (Å²) in [5, 5.41) is 12.8. The van der Waals surface area contributed by atoms with E-state index in [4.69, 9.17) is 5.11 Å². The van der Waals surface area contributed by atoms with E-state index in [1.807, 2.05) is 11.8 Å². The monoisotopic (exact) mass is 245 g/mol. The van der Waals surface area contributed by atoms with Crippen molar-refractivity contribution in [2.24, 2.45) is 5.41 Å². The van der Waals surface area contributed by atoms with E-state index >= 15 is 0 Å². The van der Waals surface area contributed by atoms with Crippen molar-refractivity contribution in [3.05, 3.63) is 0 Å². The minimum absolute atomic E-state index is 0.300. The van der Waals surface area contributed by atoms with Gasteiger partial charge in [0, 0.05) is 24.4 Å². The molecule has 1 aliphatic carbocycles. The van der Waals surface area contributed by atoms with Crippen molar-refractivity contribution in [1.82, 2.24) is 5.32 Å². The largest absolute Gasteiger partial charge is 0.396 e. The van der Waals surface area contributed by atoms with Gasteiger partial charge in [-0.25, -0.2) is 0 Å². The van der Waals surface area contributed by atoms with E-state index in [1.165, 1.54) is 25.7 Å². The highest BCUT2D eigenvalue weighted by Crippen LogP contribution is 2.35. The molecule has 0 spiro atoms. The fourth-order valence-electron chi connectivity index (χ4n) is 2.75. The SMILES string of the molecule is CSCC(CCO)NC1CCCC(C)(C)C1. The maximum atomic E-state index is 9.05. The second kappa shape index (κ2) is 6.87. The van der Waals surface area contributed by atoms with Gasteiger partial charge in [-0.3, -0.25) is 0 Å². The fraction of sp³-hybridized carbons (Fsp3) is 1.00. The van der Waals surface area contributed by atoms with Crippen LogP contribution in [0.3, 0.4) is 0 Å². The summed E-state index contributed by atoms with van der Waals surface area (Å²) in [4.78, 5) is 0. The van der Waals surface area contributed by atoms with E-state index < -0.39 is 0 Å². The van der Waals surface area contributed by atoms with Gasteiger partial charge in [0.25, 0.3) is 0 Å². The minimum Gasteiger partial charge on any atom is -0.396 e. The highest BCUT2D eigenvalue weighted by Gasteiger charge is 2.28. The van der Waals surface area contributed by atoms with Crippen LogP contribution in [-0.2, 0) is 0 Å². The molecule has 96 valence electrons. The molecule has 1 fully saturated rings. The summed E-state index contributed by atoms with van der Waals surface area (Å²) in [7, 11) is 0. The molecule has 0 bridgehead atoms. The standard InChI is InChI=1S/C13H27NOS/c1-13(2)7-4-5-11(9-13)14-12(6-8-15)10-16-3/h11-12,14-15H,4-10H2,1-3H3. The zero-order valence-corrected chi connectivity index (χ0v) is 11.8. The molecule has 2 N–H and O–H groups in total. The summed E-state index contributed by atoms with van der Waals surface area (Å²) >= 11 is 1.86. The van der Waals surface area contributed by atoms with Crippen LogP contribution in [0.1, 0.15) is 46.0 Å². The lowest BCUT2D eigenvalue weighted by Crippen LogP contribution is -2.44. The molecule has 0 aliphatic heterocycles. The highest BCUT2D eigenvalue weighted by atomic mass is 32.2. The number of aliphatic hydroxyl groups is 1. The lowest BCUT2D eigenvalue weighted by Gasteiger charge is -2.37. The van der Waals surface area contributed by atoms with Crippen LogP contribution in [0.15, 0.2) is 0 Å². The number of rotatable bonds is 6. The Morgan fingerprint density at radius 2 is 2.25 bits per heavy atom. The van der Waals surface area contributed by atoms with Gasteiger partial charge in [0.05, 0.1) is 0 Å². The number of nitrogens with one attached hydrogen (secondary N) is 1. The lowest BCUT2D eigenvalue weighted by molar-refractivity contribution is 0.183. The molecule has 2 unspecified atom stereocenters. The third kappa shape index (κ3) is 5.07. The van der Waals surface area contributed by atoms with E-state index in [0.29, 0.717) is 24.1 Å². The zero-order chi connectivity index (χ0) is 12.0. The predicted molar refractivity (Wildman–Crippen MR) is 73.0 cm³/mol. The third-order valence-electron chi connectivity index (χ3n) is 3.52. The first-order chi connectivity index (χ1) is 7.57. The molecule has 2 nitrogen and oxygen atoms in total. The molecule has 0 radical (unpaired) electrons. The Kier molecular flexibility index (Phi) is 6.16. The molecule has 0 amide bonds. The number of hydrogen-bond acceptors (Lipinski definition) is 3. The van der Waals surface area contributed by atoms with Crippen molar-refractivity contribution in [3.63, 3.8) is 0 Å². The average Bonchev–Trinajstić information content (AvgIpc) is 2.16. The highest BCUT2D eigenvalue weighted by molar-refractivity contribution is 7.98. The summed E-state index contributed by atoms with van der Waals surface area (Å²) in [5.74, 6) is 1.11. The molecule has 0 aromatic carbocycles. The van der Waals surface area contributed by atoms with Gasteiger partial charge in [-0.2, -0.15) is 11.8 Å². The number of thioether (sulfide) groups is 1. The molecule has 2 atom stereocenters. The smallest absolute Gasteiger partial charge is 0.0446 e. The van der Waals surface area contributed by atoms with Crippen molar-refractivity contribution in [2.75, 3.05) is 18.6 Å². The molecule has 1 rings (SSSR count). The topological polar surface area (TPSA) is 32.3 Å². The van der Waals surface area contributed by atoms with Gasteiger partial charge in [-0.05, 0) is 37.4 Å². The van der Waals surface area contributed by atoms with Gasteiger partial charge in [0.15, 0.2) is 0 Å². The van der Waals surface area contributed by atoms with Crippen LogP contribution in [0.25, 0.3) is 0 Å². The molecule has 1 saturated carbocycles. The van der Waals surface area contributed by atoms with Crippen LogP contribution in [0.5, 0.6) is 0 Å². The number of aliphatic hydroxyl groups excluding tert-OH is 1. The van der Waals surface area contributed by atoms with Crippen LogP contribution in [0.2, 0.25) is 0 Å². The Morgan fingerprint density at radius 3 is 2.81 bits per heavy atom. The first kappa shape index (κ1) is 14.3. The normalized spacial score (nSPS) is 26.6. The molecule has 1 aliphatic rings. The van der Waals surface area contributed by atoms with Crippen LogP contribution >= 0.6 is 11.8 Å². The Bertz CT molecular complexity index is 190. The second-order valence-electron chi connectivity index (χ2n) is 5.79. The summed E-state index contributed by atoms with van der Waals surface area (Å²) in [6.07, 6.45) is 8.31. The molecule has 0 aromatic rings. The first-order valence-corrected chi connectivity index (χ1v) is 7.82. The minimum atomic E-state index is 0.300. The van der Waals surface area contributed by atoms with Crippen LogP contribution < -0.4 is 5.32 Å². The summed E-state index contributed by atoms with van der Waals surface area (Å²) in [6, 6.07) is 1.14. The van der Waals surface area contributed by atoms with Crippen molar-refractivity contribution < 1.29 is 5.11 Å². The molecular weight excluding hydrogens is 218 g/mol. The van der Waals surface area contributed by atoms with E-state index in [2.05, 4.69) is 25.4 Å². The Balaban J connectivity index is 2.38. The van der Waals surface area contributed by atoms with Crippen molar-refractivity contribution in [1.29, 1.82) is 0 Å². The molecule has 0 aromatic heterocycles. The second-order valence-corrected chi connectivity index (χ2v) is 6.70. The zero-order valence-electron chi connectivity index (χ0n) is 11.0. The lowest BCUT2D eigenvalue weighted by atomic mass is 9.75. The van der Waals surface area contributed by atoms with Gasteiger partial charge < -0.3 is 10.4 Å². The van der Waals surface area contributed by atoms with Gasteiger partial charge in [-0.1, -0.05) is 20.3 Å². The molecule has 0 heterocycles. The molecular formula is C13H27NOS. The quantitative estimate of drug-likeness (QED) is 0.754. The first-order valence-electron chi connectivity index (χ1n) is 6.43. The van der Waals surface area contributed by atoms with Gasteiger partial charge >= 0.3 is 0 Å². The Labute approximate surface area is 105 Å². The summed E-state index contributed by atoms with van der Waals surface area (Å²) in [6.45, 7) is 5.04. The molecule has 16 heavy (non-hydrogen) atoms. The molecule has 3 heteroatoms. The Morgan fingerprint density at radius 1 is 1.50 bits per heavy atom. The van der Waals surface area contributed by atoms with Crippen molar-refractivity contribution in [2.45, 2.75) is 58.0 Å². The number of hydrogen-bond donors (Lipinski definition) is 2. The van der Waals surface area contributed by atoms with E-state index in [1.54, 1.807) is 0 Å². The van der Waals surface area contributed by atoms with Crippen LogP contribution in [-0.4, -0.2) is 35.8 Å². The predicted octanol–water partition coefficient (Wildman–Crippen LogP) is 2.66. The van der Waals surface area contributed by atoms with Gasteiger partial charge in [0.1, 0.15) is 0 Å². The maximum Gasteiger partial charge on any atom is 0.0446 e. The van der Waals surface area contributed by atoms with Crippen molar-refractivity contribution >= 4 is 11.8 Å². The molecule has 0 saturated heterocycles. The van der Waals surface area contributed by atoms with E-state index in [9.17, 15) is 0 Å². The van der Waals surface area contributed by atoms with Crippen molar-refractivity contribution in [3.8, 4) is 0 Å². The average molecular weight is 245 g/mol. The van der Waals surface area contributed by atoms with Gasteiger partial charge in [0.2, 0.25) is 0 Å². The maximum absolute atomic E-state index is 9.05. The van der Waals surface area contributed by atoms with Crippen LogP contribution in [0, 0.1) is 5.41 Å². The van der Waals surface area contributed by atoms with E-state index in [0.717, 1.165) is 12.2 Å². The fourth-order valence-corrected chi connectivity index (χ4v) is 3.41. The van der Waals surface area contributed by atoms with Crippen LogP contribution in [0.4, 0.5) is 0 Å². The summed E-state index contributed by atoms with van der Waals surface area (Å²) in [5.41, 5.74) is 0.499. The van der Waals surface area contributed by atoms with Gasteiger partial charge in [-0.15, -0.1) is 0 Å². The Hall–Kier alpha value is 0.270. The third-order valence-corrected chi connectivity index (χ3v) is 4.26. The van der Waals surface area contributed by atoms with E-state index in [-0.39, 0.29) is 0 Å².